The molecular formula is C24H21NO2. The van der Waals surface area contributed by atoms with Crippen molar-refractivity contribution in [1.29, 1.82) is 0 Å². The molecule has 134 valence electrons. The predicted molar refractivity (Wildman–Crippen MR) is 105 cm³/mol. The number of carbonyl (C=O) groups excluding carboxylic acids is 1. The highest BCUT2D eigenvalue weighted by Gasteiger charge is 2.36. The quantitative estimate of drug-likeness (QED) is 0.691. The zero-order chi connectivity index (χ0) is 18.2. The zero-order valence-electron chi connectivity index (χ0n) is 15.0. The molecule has 0 aliphatic carbocycles. The third-order valence-electron chi connectivity index (χ3n) is 5.63. The molecule has 5 rings (SSSR count). The number of para-hydroxylation sites is 1. The first-order valence-corrected chi connectivity index (χ1v) is 9.46. The molecule has 0 N–H and O–H groups in total. The summed E-state index contributed by atoms with van der Waals surface area (Å²) in [5.41, 5.74) is 4.91. The van der Waals surface area contributed by atoms with Crippen LogP contribution in [0.25, 0.3) is 0 Å². The summed E-state index contributed by atoms with van der Waals surface area (Å²) >= 11 is 0. The number of benzene rings is 3. The minimum atomic E-state index is -0.413. The molecule has 0 spiro atoms. The SMILES string of the molecule is O=C([C@H]1Cc2ccccc2O1)N1Cc2ccccc2[C@H](c2ccccc2)C1. The van der Waals surface area contributed by atoms with Gasteiger partial charge in [-0.3, -0.25) is 4.79 Å². The van der Waals surface area contributed by atoms with Gasteiger partial charge in [0.1, 0.15) is 5.75 Å². The van der Waals surface area contributed by atoms with Crippen molar-refractivity contribution in [1.82, 2.24) is 4.90 Å². The van der Waals surface area contributed by atoms with Crippen LogP contribution in [0, 0.1) is 0 Å². The minimum Gasteiger partial charge on any atom is -0.480 e. The fraction of sp³-hybridized carbons (Fsp3) is 0.208. The van der Waals surface area contributed by atoms with E-state index >= 15 is 0 Å². The molecule has 0 bridgehead atoms. The summed E-state index contributed by atoms with van der Waals surface area (Å²) in [6, 6.07) is 26.9. The van der Waals surface area contributed by atoms with Crippen molar-refractivity contribution in [3.63, 3.8) is 0 Å². The van der Waals surface area contributed by atoms with Crippen molar-refractivity contribution < 1.29 is 9.53 Å². The maximum atomic E-state index is 13.3. The van der Waals surface area contributed by atoms with Crippen LogP contribution < -0.4 is 4.74 Å². The Bertz CT molecular complexity index is 957. The lowest BCUT2D eigenvalue weighted by molar-refractivity contribution is -0.139. The van der Waals surface area contributed by atoms with Gasteiger partial charge in [0.2, 0.25) is 0 Å². The number of rotatable bonds is 2. The number of amides is 1. The molecule has 27 heavy (non-hydrogen) atoms. The number of carbonyl (C=O) groups is 1. The maximum absolute atomic E-state index is 13.3. The number of fused-ring (bicyclic) bond motifs is 2. The average molecular weight is 355 g/mol. The normalized spacial score (nSPS) is 20.5. The van der Waals surface area contributed by atoms with Gasteiger partial charge in [0.15, 0.2) is 6.10 Å². The molecule has 0 unspecified atom stereocenters. The van der Waals surface area contributed by atoms with Gasteiger partial charge in [0, 0.05) is 25.4 Å². The summed E-state index contributed by atoms with van der Waals surface area (Å²) in [4.78, 5) is 15.2. The Hall–Kier alpha value is -3.07. The van der Waals surface area contributed by atoms with Gasteiger partial charge in [-0.1, -0.05) is 72.8 Å². The lowest BCUT2D eigenvalue weighted by Gasteiger charge is -2.36. The Balaban J connectivity index is 1.44. The first-order chi connectivity index (χ1) is 13.3. The fourth-order valence-electron chi connectivity index (χ4n) is 4.27. The van der Waals surface area contributed by atoms with Crippen LogP contribution in [0.1, 0.15) is 28.2 Å². The van der Waals surface area contributed by atoms with Crippen molar-refractivity contribution in [2.75, 3.05) is 6.54 Å². The highest BCUT2D eigenvalue weighted by molar-refractivity contribution is 5.83. The summed E-state index contributed by atoms with van der Waals surface area (Å²) in [5, 5.41) is 0. The molecule has 2 aliphatic rings. The maximum Gasteiger partial charge on any atom is 0.264 e. The second-order valence-corrected chi connectivity index (χ2v) is 7.30. The van der Waals surface area contributed by atoms with E-state index in [-0.39, 0.29) is 11.8 Å². The molecule has 0 saturated carbocycles. The third kappa shape index (κ3) is 2.89. The molecule has 2 heterocycles. The van der Waals surface area contributed by atoms with Gasteiger partial charge < -0.3 is 9.64 Å². The van der Waals surface area contributed by atoms with E-state index in [1.165, 1.54) is 16.7 Å². The molecule has 0 radical (unpaired) electrons. The van der Waals surface area contributed by atoms with Crippen LogP contribution in [0.4, 0.5) is 0 Å². The number of hydrogen-bond acceptors (Lipinski definition) is 2. The van der Waals surface area contributed by atoms with Gasteiger partial charge >= 0.3 is 0 Å². The third-order valence-corrected chi connectivity index (χ3v) is 5.63. The highest BCUT2D eigenvalue weighted by Crippen LogP contribution is 2.35. The van der Waals surface area contributed by atoms with Crippen LogP contribution in [0.5, 0.6) is 5.75 Å². The molecule has 0 aromatic heterocycles. The molecule has 3 aromatic rings. The highest BCUT2D eigenvalue weighted by atomic mass is 16.5. The molecule has 2 aliphatic heterocycles. The van der Waals surface area contributed by atoms with Crippen LogP contribution in [-0.4, -0.2) is 23.5 Å². The van der Waals surface area contributed by atoms with E-state index in [1.54, 1.807) is 0 Å². The van der Waals surface area contributed by atoms with Crippen molar-refractivity contribution in [2.45, 2.75) is 25.0 Å². The van der Waals surface area contributed by atoms with Gasteiger partial charge in [-0.25, -0.2) is 0 Å². The molecule has 1 amide bonds. The lowest BCUT2D eigenvalue weighted by Crippen LogP contribution is -2.45. The minimum absolute atomic E-state index is 0.0848. The monoisotopic (exact) mass is 355 g/mol. The number of ether oxygens (including phenoxy) is 1. The molecule has 3 nitrogen and oxygen atoms in total. The van der Waals surface area contributed by atoms with Gasteiger partial charge in [-0.15, -0.1) is 0 Å². The topological polar surface area (TPSA) is 29.5 Å². The Morgan fingerprint density at radius 2 is 1.56 bits per heavy atom. The molecule has 0 saturated heterocycles. The average Bonchev–Trinajstić information content (AvgIpc) is 3.17. The van der Waals surface area contributed by atoms with Crippen molar-refractivity contribution in [2.24, 2.45) is 0 Å². The van der Waals surface area contributed by atoms with Crippen LogP contribution >= 0.6 is 0 Å². The summed E-state index contributed by atoms with van der Waals surface area (Å²) in [6.45, 7) is 1.34. The molecule has 0 fully saturated rings. The predicted octanol–water partition coefficient (Wildman–Crippen LogP) is 4.16. The van der Waals surface area contributed by atoms with Crippen molar-refractivity contribution in [3.05, 3.63) is 101 Å². The smallest absolute Gasteiger partial charge is 0.264 e. The molecular weight excluding hydrogens is 334 g/mol. The summed E-state index contributed by atoms with van der Waals surface area (Å²) in [6.07, 6.45) is 0.243. The first-order valence-electron chi connectivity index (χ1n) is 9.46. The van der Waals surface area contributed by atoms with E-state index in [2.05, 4.69) is 48.5 Å². The summed E-state index contributed by atoms with van der Waals surface area (Å²) in [7, 11) is 0. The number of nitrogens with zero attached hydrogens (tertiary/aromatic N) is 1. The van der Waals surface area contributed by atoms with E-state index in [9.17, 15) is 4.79 Å². The van der Waals surface area contributed by atoms with E-state index in [0.29, 0.717) is 19.5 Å². The molecule has 3 aromatic carbocycles. The summed E-state index contributed by atoms with van der Waals surface area (Å²) in [5.74, 6) is 1.12. The zero-order valence-corrected chi connectivity index (χ0v) is 15.0. The standard InChI is InChI=1S/C24H21NO2/c26-24(23-14-18-10-5-7-13-22(18)27-23)25-15-19-11-4-6-12-20(19)21(16-25)17-8-2-1-3-9-17/h1-13,21,23H,14-16H2/t21-,23+/m0/s1. The van der Waals surface area contributed by atoms with Gasteiger partial charge in [-0.2, -0.15) is 0 Å². The van der Waals surface area contributed by atoms with Crippen LogP contribution in [0.2, 0.25) is 0 Å². The van der Waals surface area contributed by atoms with E-state index in [1.807, 2.05) is 35.2 Å². The first kappa shape index (κ1) is 16.1. The van der Waals surface area contributed by atoms with E-state index in [4.69, 9.17) is 4.74 Å². The fourth-order valence-corrected chi connectivity index (χ4v) is 4.27. The van der Waals surface area contributed by atoms with Crippen LogP contribution in [0.3, 0.4) is 0 Å². The second kappa shape index (κ2) is 6.58. The largest absolute Gasteiger partial charge is 0.480 e. The Morgan fingerprint density at radius 3 is 2.37 bits per heavy atom. The second-order valence-electron chi connectivity index (χ2n) is 7.30. The summed E-state index contributed by atoms with van der Waals surface area (Å²) < 4.78 is 5.96. The van der Waals surface area contributed by atoms with Gasteiger partial charge in [0.25, 0.3) is 5.91 Å². The van der Waals surface area contributed by atoms with Crippen LogP contribution in [-0.2, 0) is 17.8 Å². The van der Waals surface area contributed by atoms with Crippen molar-refractivity contribution >= 4 is 5.91 Å². The Kier molecular flexibility index (Phi) is 3.93. The van der Waals surface area contributed by atoms with Gasteiger partial charge in [-0.05, 0) is 28.3 Å². The number of hydrogen-bond donors (Lipinski definition) is 0. The van der Waals surface area contributed by atoms with E-state index < -0.39 is 6.10 Å². The van der Waals surface area contributed by atoms with E-state index in [0.717, 1.165) is 11.3 Å². The Morgan fingerprint density at radius 1 is 0.852 bits per heavy atom. The molecule has 3 heteroatoms. The lowest BCUT2D eigenvalue weighted by atomic mass is 9.84. The van der Waals surface area contributed by atoms with Crippen molar-refractivity contribution in [3.8, 4) is 5.75 Å². The van der Waals surface area contributed by atoms with Gasteiger partial charge in [0.05, 0.1) is 0 Å². The van der Waals surface area contributed by atoms with Crippen LogP contribution in [0.15, 0.2) is 78.9 Å². The molecule has 2 atom stereocenters. The Labute approximate surface area is 159 Å².